The van der Waals surface area contributed by atoms with Gasteiger partial charge in [-0.1, -0.05) is 78.9 Å². The minimum atomic E-state index is -4.35. The highest BCUT2D eigenvalue weighted by molar-refractivity contribution is 7.71. The molecule has 1 aliphatic rings. The van der Waals surface area contributed by atoms with E-state index in [9.17, 15) is 19.6 Å². The van der Waals surface area contributed by atoms with Gasteiger partial charge in [-0.25, -0.2) is 14.5 Å². The molecule has 0 spiro atoms. The summed E-state index contributed by atoms with van der Waals surface area (Å²) >= 11 is 5.21. The maximum absolute atomic E-state index is 14.3. The first-order valence-corrected chi connectivity index (χ1v) is 16.0. The number of aromatic amines is 1. The van der Waals surface area contributed by atoms with Crippen LogP contribution in [-0.2, 0) is 30.0 Å². The van der Waals surface area contributed by atoms with E-state index in [1.54, 1.807) is 18.2 Å². The molecule has 234 valence electrons. The first kappa shape index (κ1) is 31.0. The molecule has 2 unspecified atom stereocenters. The van der Waals surface area contributed by atoms with Gasteiger partial charge in [0, 0.05) is 5.39 Å². The number of ether oxygens (including phenoxy) is 2. The van der Waals surface area contributed by atoms with Crippen molar-refractivity contribution in [3.05, 3.63) is 95.7 Å². The van der Waals surface area contributed by atoms with Crippen LogP contribution in [0, 0.1) is 4.64 Å². The molecule has 13 nitrogen and oxygen atoms in total. The van der Waals surface area contributed by atoms with Gasteiger partial charge in [-0.3, -0.25) is 13.9 Å². The Kier molecular flexibility index (Phi) is 9.06. The maximum Gasteiger partial charge on any atom is 0.459 e. The zero-order valence-electron chi connectivity index (χ0n) is 23.9. The summed E-state index contributed by atoms with van der Waals surface area (Å²) in [5.74, 6) is -0.441. The molecule has 0 radical (unpaired) electrons. The minimum absolute atomic E-state index is 0.0196. The predicted molar refractivity (Wildman–Crippen MR) is 166 cm³/mol. The van der Waals surface area contributed by atoms with Gasteiger partial charge >= 0.3 is 13.7 Å². The molecule has 0 saturated carbocycles. The lowest BCUT2D eigenvalue weighted by Gasteiger charge is -2.25. The normalized spacial score (nSPS) is 21.8. The van der Waals surface area contributed by atoms with Crippen molar-refractivity contribution in [1.29, 1.82) is 0 Å². The number of benzene rings is 3. The number of aromatic nitrogens is 4. The number of nitrogens with one attached hydrogen (secondary N) is 2. The molecule has 15 heteroatoms. The summed E-state index contributed by atoms with van der Waals surface area (Å²) in [7, 11) is -4.35. The van der Waals surface area contributed by atoms with Crippen molar-refractivity contribution in [2.45, 2.75) is 44.1 Å². The van der Waals surface area contributed by atoms with Crippen molar-refractivity contribution in [2.75, 3.05) is 6.61 Å². The monoisotopic (exact) mass is 651 g/mol. The molecule has 6 rings (SSSR count). The van der Waals surface area contributed by atoms with Crippen LogP contribution < -0.4 is 9.61 Å². The Hall–Kier alpha value is -4.01. The molecular weight excluding hydrogens is 621 g/mol. The third kappa shape index (κ3) is 6.67. The van der Waals surface area contributed by atoms with Gasteiger partial charge in [0.25, 0.3) is 0 Å². The second-order valence-electron chi connectivity index (χ2n) is 10.4. The lowest BCUT2D eigenvalue weighted by molar-refractivity contribution is -0.146. The van der Waals surface area contributed by atoms with Gasteiger partial charge in [0.1, 0.15) is 47.9 Å². The van der Waals surface area contributed by atoms with Gasteiger partial charge < -0.3 is 29.2 Å². The van der Waals surface area contributed by atoms with Gasteiger partial charge in [0.05, 0.1) is 19.3 Å². The molecule has 2 aromatic heterocycles. The van der Waals surface area contributed by atoms with E-state index in [1.807, 2.05) is 54.6 Å². The molecule has 4 N–H and O–H groups in total. The maximum atomic E-state index is 14.3. The first-order valence-electron chi connectivity index (χ1n) is 14.0. The molecule has 1 saturated heterocycles. The molecule has 1 fully saturated rings. The number of hydrogen-bond acceptors (Lipinski definition) is 11. The third-order valence-electron chi connectivity index (χ3n) is 7.30. The highest BCUT2D eigenvalue weighted by Gasteiger charge is 2.46. The summed E-state index contributed by atoms with van der Waals surface area (Å²) in [5, 5.41) is 25.9. The van der Waals surface area contributed by atoms with E-state index in [4.69, 9.17) is 30.7 Å². The number of rotatable bonds is 11. The number of carbonyl (C=O) groups is 1. The first-order chi connectivity index (χ1) is 21.7. The molecule has 6 atom stereocenters. The van der Waals surface area contributed by atoms with Crippen molar-refractivity contribution in [3.8, 4) is 5.75 Å². The summed E-state index contributed by atoms with van der Waals surface area (Å²) in [6, 6.07) is 20.6. The summed E-state index contributed by atoms with van der Waals surface area (Å²) in [5.41, 5.74) is 1.61. The van der Waals surface area contributed by atoms with E-state index in [0.717, 1.165) is 10.9 Å². The molecule has 0 aliphatic carbocycles. The molecule has 0 amide bonds. The Morgan fingerprint density at radius 1 is 1.09 bits per heavy atom. The van der Waals surface area contributed by atoms with Gasteiger partial charge in [-0.2, -0.15) is 5.09 Å². The van der Waals surface area contributed by atoms with Gasteiger partial charge in [-0.05, 0) is 23.9 Å². The van der Waals surface area contributed by atoms with Crippen LogP contribution in [0.4, 0.5) is 0 Å². The smallest absolute Gasteiger partial charge is 0.459 e. The van der Waals surface area contributed by atoms with Crippen LogP contribution in [0.1, 0.15) is 18.7 Å². The quantitative estimate of drug-likeness (QED) is 0.0914. The van der Waals surface area contributed by atoms with E-state index >= 15 is 0 Å². The van der Waals surface area contributed by atoms with Crippen molar-refractivity contribution in [1.82, 2.24) is 24.6 Å². The largest absolute Gasteiger partial charge is 0.460 e. The highest BCUT2D eigenvalue weighted by Crippen LogP contribution is 2.47. The number of H-pyrrole nitrogens is 1. The van der Waals surface area contributed by atoms with Crippen molar-refractivity contribution in [2.24, 2.45) is 0 Å². The second kappa shape index (κ2) is 13.2. The Balaban J connectivity index is 1.21. The molecule has 1 aliphatic heterocycles. The highest BCUT2D eigenvalue weighted by atomic mass is 32.1. The molecule has 45 heavy (non-hydrogen) atoms. The Bertz CT molecular complexity index is 1920. The SMILES string of the molecule is C[C@H](NP(=O)(OC[C@H]1O[C@@H](n2cnc3c(=S)nc[nH]c32)C(O)[C@H]1O)Oc1cccc2ccccc12)C(=O)OCc1ccccc1. The lowest BCUT2D eigenvalue weighted by Crippen LogP contribution is -2.37. The standard InChI is InChI=1S/C30H30N5O8PS/c1-18(30(38)40-14-19-8-3-2-4-9-19)34-44(39,43-22-13-7-11-20-10-5-6-12-21(20)22)41-15-23-25(36)26(37)29(42-23)35-17-33-24-27(35)31-16-32-28(24)45/h2-13,16-18,23,25-26,29,36-37H,14-15H2,1H3,(H,34,39)(H,31,32,45)/t18-,23+,25-,26?,29+,44?/m0/s1. The Morgan fingerprint density at radius 2 is 1.84 bits per heavy atom. The minimum Gasteiger partial charge on any atom is -0.460 e. The number of fused-ring (bicyclic) bond motifs is 2. The molecule has 5 aromatic rings. The number of carbonyl (C=O) groups excluding carboxylic acids is 1. The number of aliphatic hydroxyl groups is 2. The van der Waals surface area contributed by atoms with Gasteiger partial charge in [0.15, 0.2) is 10.9 Å². The number of hydrogen-bond donors (Lipinski definition) is 4. The van der Waals surface area contributed by atoms with E-state index in [1.165, 1.54) is 24.1 Å². The van der Waals surface area contributed by atoms with Crippen molar-refractivity contribution in [3.63, 3.8) is 0 Å². The van der Waals surface area contributed by atoms with Crippen LogP contribution in [0.15, 0.2) is 85.5 Å². The zero-order chi connectivity index (χ0) is 31.6. The van der Waals surface area contributed by atoms with E-state index in [2.05, 4.69) is 20.0 Å². The van der Waals surface area contributed by atoms with Crippen LogP contribution in [0.2, 0.25) is 0 Å². The lowest BCUT2D eigenvalue weighted by atomic mass is 10.1. The fourth-order valence-corrected chi connectivity index (χ4v) is 6.70. The fourth-order valence-electron chi connectivity index (χ4n) is 4.97. The molecule has 3 heterocycles. The Morgan fingerprint density at radius 3 is 2.67 bits per heavy atom. The van der Waals surface area contributed by atoms with Gasteiger partial charge in [-0.15, -0.1) is 0 Å². The second-order valence-corrected chi connectivity index (χ2v) is 12.5. The molecular formula is C30H30N5O8PS. The van der Waals surface area contributed by atoms with Crippen LogP contribution in [0.5, 0.6) is 5.75 Å². The number of esters is 1. The van der Waals surface area contributed by atoms with E-state index < -0.39 is 50.9 Å². The van der Waals surface area contributed by atoms with Crippen LogP contribution >= 0.6 is 20.0 Å². The van der Waals surface area contributed by atoms with Crippen LogP contribution in [0.3, 0.4) is 0 Å². The number of aliphatic hydroxyl groups excluding tert-OH is 2. The average Bonchev–Trinajstić information content (AvgIpc) is 3.60. The number of nitrogens with zero attached hydrogens (tertiary/aromatic N) is 3. The Labute approximate surface area is 262 Å². The predicted octanol–water partition coefficient (Wildman–Crippen LogP) is 4.19. The van der Waals surface area contributed by atoms with Crippen molar-refractivity contribution >= 4 is 47.9 Å². The van der Waals surface area contributed by atoms with E-state index in [-0.39, 0.29) is 17.0 Å². The summed E-state index contributed by atoms with van der Waals surface area (Å²) < 4.78 is 39.2. The van der Waals surface area contributed by atoms with Crippen LogP contribution in [-0.4, -0.2) is 66.7 Å². The van der Waals surface area contributed by atoms with Crippen LogP contribution in [0.25, 0.3) is 21.9 Å². The topological polar surface area (TPSA) is 170 Å². The summed E-state index contributed by atoms with van der Waals surface area (Å²) in [4.78, 5) is 24.0. The number of imidazole rings is 1. The summed E-state index contributed by atoms with van der Waals surface area (Å²) in [6.07, 6.45) is -2.26. The third-order valence-corrected chi connectivity index (χ3v) is 9.23. The van der Waals surface area contributed by atoms with Gasteiger partial charge in [0.2, 0.25) is 0 Å². The average molecular weight is 652 g/mol. The summed E-state index contributed by atoms with van der Waals surface area (Å²) in [6.45, 7) is 1.02. The molecule has 3 aromatic carbocycles. The van der Waals surface area contributed by atoms with E-state index in [0.29, 0.717) is 16.6 Å². The zero-order valence-corrected chi connectivity index (χ0v) is 25.6. The van der Waals surface area contributed by atoms with Crippen molar-refractivity contribution < 1.29 is 38.1 Å². The molecule has 0 bridgehead atoms. The fraction of sp³-hybridized carbons (Fsp3) is 0.267.